The molecule has 5 nitrogen and oxygen atoms in total. The SMILES string of the molecule is c1ccc(-c2ccccc2-c2nc(-c3ccccc3-c3ccccc3)nc(-c3cc4cc(-n5c6cc7ccccc7cc6c6ccc7ccccc7c65)ccc4c4c3oc3ccccc34)n2)cc1. The van der Waals surface area contributed by atoms with Gasteiger partial charge in [0, 0.05) is 43.7 Å². The normalized spacial score (nSPS) is 11.8. The van der Waals surface area contributed by atoms with Crippen molar-refractivity contribution >= 4 is 76.1 Å². The van der Waals surface area contributed by atoms with Crippen molar-refractivity contribution in [2.45, 2.75) is 0 Å². The molecule has 0 fully saturated rings. The number of hydrogen-bond donors (Lipinski definition) is 0. The maximum Gasteiger partial charge on any atom is 0.167 e. The van der Waals surface area contributed by atoms with Crippen LogP contribution in [0.25, 0.3) is 138 Å². The van der Waals surface area contributed by atoms with Gasteiger partial charge in [-0.05, 0) is 85.6 Å². The molecule has 0 atom stereocenters. The van der Waals surface area contributed by atoms with E-state index in [1.54, 1.807) is 0 Å². The summed E-state index contributed by atoms with van der Waals surface area (Å²) >= 11 is 0. The summed E-state index contributed by atoms with van der Waals surface area (Å²) in [6.45, 7) is 0. The lowest BCUT2D eigenvalue weighted by Gasteiger charge is -2.15. The lowest BCUT2D eigenvalue weighted by atomic mass is 9.97. The van der Waals surface area contributed by atoms with Crippen molar-refractivity contribution in [3.63, 3.8) is 0 Å². The largest absolute Gasteiger partial charge is 0.455 e. The number of aromatic nitrogens is 4. The van der Waals surface area contributed by atoms with Gasteiger partial charge < -0.3 is 8.98 Å². The van der Waals surface area contributed by atoms with Crippen LogP contribution in [0.5, 0.6) is 0 Å². The third-order valence-corrected chi connectivity index (χ3v) is 13.6. The van der Waals surface area contributed by atoms with E-state index in [0.29, 0.717) is 17.5 Å². The first kappa shape index (κ1) is 38.1. The summed E-state index contributed by atoms with van der Waals surface area (Å²) in [5.74, 6) is 1.69. The van der Waals surface area contributed by atoms with Crippen molar-refractivity contribution in [3.05, 3.63) is 231 Å². The van der Waals surface area contributed by atoms with Crippen molar-refractivity contribution < 1.29 is 4.42 Å². The van der Waals surface area contributed by atoms with Crippen LogP contribution < -0.4 is 0 Å². The molecule has 14 rings (SSSR count). The molecule has 0 aliphatic rings. The fraction of sp³-hybridized carbons (Fsp3) is 0. The molecule has 0 N–H and O–H groups in total. The van der Waals surface area contributed by atoms with Crippen LogP contribution in [0.3, 0.4) is 0 Å². The molecule has 14 aromatic rings. The number of rotatable bonds is 6. The summed E-state index contributed by atoms with van der Waals surface area (Å²) in [5.41, 5.74) is 11.8. The van der Waals surface area contributed by atoms with E-state index in [0.717, 1.165) is 82.9 Å². The molecule has 68 heavy (non-hydrogen) atoms. The highest BCUT2D eigenvalue weighted by Gasteiger charge is 2.24. The monoisotopic (exact) mass is 866 g/mol. The Morgan fingerprint density at radius 2 is 0.853 bits per heavy atom. The van der Waals surface area contributed by atoms with Crippen LogP contribution in [-0.4, -0.2) is 19.5 Å². The number of hydrogen-bond acceptors (Lipinski definition) is 4. The second-order valence-electron chi connectivity index (χ2n) is 17.5. The van der Waals surface area contributed by atoms with E-state index in [2.05, 4.69) is 211 Å². The molecule has 3 aromatic heterocycles. The van der Waals surface area contributed by atoms with E-state index in [4.69, 9.17) is 19.4 Å². The summed E-state index contributed by atoms with van der Waals surface area (Å²) < 4.78 is 9.38. The lowest BCUT2D eigenvalue weighted by Crippen LogP contribution is -2.02. The first-order chi connectivity index (χ1) is 33.7. The second-order valence-corrected chi connectivity index (χ2v) is 17.5. The minimum atomic E-state index is 0.529. The Labute approximate surface area is 390 Å². The zero-order chi connectivity index (χ0) is 44.7. The molecule has 0 aliphatic carbocycles. The van der Waals surface area contributed by atoms with Crippen molar-refractivity contribution in [3.8, 4) is 62.1 Å². The lowest BCUT2D eigenvalue weighted by molar-refractivity contribution is 0.670. The zero-order valence-corrected chi connectivity index (χ0v) is 36.6. The van der Waals surface area contributed by atoms with Crippen LogP contribution in [-0.2, 0) is 0 Å². The Bertz CT molecular complexity index is 4220. The standard InChI is InChI=1S/C63H38N4O/c1-3-17-39(18-4-1)46-24-11-13-27-51(46)61-64-62(52-28-14-12-25-47(52)40-19-5-2-6-20-40)66-63(65-61)55-37-44-35-45(32-34-48(44)58-53-29-15-16-30-57(53)68-60(55)58)67-56-38-43-23-8-7-22-42(43)36-54(56)50-33-31-41-21-9-10-26-49(41)59(50)67/h1-38H. The molecular weight excluding hydrogens is 829 g/mol. The van der Waals surface area contributed by atoms with Gasteiger partial charge in [0.1, 0.15) is 11.2 Å². The Hall–Kier alpha value is -9.19. The topological polar surface area (TPSA) is 56.7 Å². The van der Waals surface area contributed by atoms with Crippen molar-refractivity contribution in [1.29, 1.82) is 0 Å². The van der Waals surface area contributed by atoms with Crippen LogP contribution in [0.1, 0.15) is 0 Å². The minimum absolute atomic E-state index is 0.529. The Morgan fingerprint density at radius 3 is 1.53 bits per heavy atom. The molecule has 0 unspecified atom stereocenters. The summed E-state index contributed by atoms with van der Waals surface area (Å²) in [4.78, 5) is 16.2. The van der Waals surface area contributed by atoms with Crippen LogP contribution in [0.4, 0.5) is 0 Å². The van der Waals surface area contributed by atoms with E-state index in [1.807, 2.05) is 24.3 Å². The van der Waals surface area contributed by atoms with Gasteiger partial charge in [-0.1, -0.05) is 194 Å². The van der Waals surface area contributed by atoms with E-state index in [1.165, 1.54) is 37.8 Å². The van der Waals surface area contributed by atoms with Crippen molar-refractivity contribution in [1.82, 2.24) is 19.5 Å². The number of fused-ring (bicyclic) bond motifs is 11. The van der Waals surface area contributed by atoms with Gasteiger partial charge in [-0.15, -0.1) is 0 Å². The Morgan fingerprint density at radius 1 is 0.324 bits per heavy atom. The summed E-state index contributed by atoms with van der Waals surface area (Å²) in [5, 5.41) is 11.5. The smallest absolute Gasteiger partial charge is 0.167 e. The molecule has 0 amide bonds. The number of benzene rings is 11. The van der Waals surface area contributed by atoms with Crippen LogP contribution in [0.2, 0.25) is 0 Å². The van der Waals surface area contributed by atoms with Gasteiger partial charge in [0.05, 0.1) is 16.6 Å². The number of nitrogens with zero attached hydrogens (tertiary/aromatic N) is 4. The molecule has 3 heterocycles. The molecule has 0 saturated heterocycles. The molecule has 0 spiro atoms. The zero-order valence-electron chi connectivity index (χ0n) is 36.6. The highest BCUT2D eigenvalue weighted by molar-refractivity contribution is 6.24. The first-order valence-electron chi connectivity index (χ1n) is 23.0. The fourth-order valence-electron chi connectivity index (χ4n) is 10.5. The van der Waals surface area contributed by atoms with Gasteiger partial charge >= 0.3 is 0 Å². The first-order valence-corrected chi connectivity index (χ1v) is 23.0. The Balaban J connectivity index is 1.07. The Kier molecular flexibility index (Phi) is 8.52. The fourth-order valence-corrected chi connectivity index (χ4v) is 10.5. The molecule has 0 aliphatic heterocycles. The van der Waals surface area contributed by atoms with Gasteiger partial charge in [-0.3, -0.25) is 0 Å². The predicted octanol–water partition coefficient (Wildman–Crippen LogP) is 16.7. The molecule has 5 heteroatoms. The van der Waals surface area contributed by atoms with E-state index >= 15 is 0 Å². The average molecular weight is 867 g/mol. The maximum atomic E-state index is 6.92. The van der Waals surface area contributed by atoms with E-state index < -0.39 is 0 Å². The molecule has 11 aromatic carbocycles. The maximum absolute atomic E-state index is 6.92. The van der Waals surface area contributed by atoms with E-state index in [9.17, 15) is 0 Å². The minimum Gasteiger partial charge on any atom is -0.455 e. The molecule has 0 bridgehead atoms. The van der Waals surface area contributed by atoms with Gasteiger partial charge in [-0.25, -0.2) is 15.0 Å². The predicted molar refractivity (Wildman–Crippen MR) is 281 cm³/mol. The van der Waals surface area contributed by atoms with Crippen LogP contribution >= 0.6 is 0 Å². The number of furan rings is 1. The molecule has 0 saturated carbocycles. The highest BCUT2D eigenvalue weighted by atomic mass is 16.3. The summed E-state index contributed by atoms with van der Waals surface area (Å²) in [6, 6.07) is 81.6. The van der Waals surface area contributed by atoms with Crippen LogP contribution in [0.15, 0.2) is 235 Å². The third-order valence-electron chi connectivity index (χ3n) is 13.6. The summed E-state index contributed by atoms with van der Waals surface area (Å²) in [7, 11) is 0. The van der Waals surface area contributed by atoms with Gasteiger partial charge in [0.2, 0.25) is 0 Å². The van der Waals surface area contributed by atoms with Gasteiger partial charge in [-0.2, -0.15) is 0 Å². The quantitative estimate of drug-likeness (QED) is 0.167. The van der Waals surface area contributed by atoms with Crippen molar-refractivity contribution in [2.24, 2.45) is 0 Å². The second kappa shape index (κ2) is 15.2. The van der Waals surface area contributed by atoms with Gasteiger partial charge in [0.25, 0.3) is 0 Å². The average Bonchev–Trinajstić information content (AvgIpc) is 3.96. The van der Waals surface area contributed by atoms with Gasteiger partial charge in [0.15, 0.2) is 17.5 Å². The van der Waals surface area contributed by atoms with Crippen molar-refractivity contribution in [2.75, 3.05) is 0 Å². The molecule has 316 valence electrons. The number of para-hydroxylation sites is 1. The summed E-state index contributed by atoms with van der Waals surface area (Å²) in [6.07, 6.45) is 0. The van der Waals surface area contributed by atoms with E-state index in [-0.39, 0.29) is 0 Å². The van der Waals surface area contributed by atoms with Crippen LogP contribution in [0, 0.1) is 0 Å². The molecular formula is C63H38N4O. The molecule has 0 radical (unpaired) electrons. The third kappa shape index (κ3) is 5.99. The highest BCUT2D eigenvalue weighted by Crippen LogP contribution is 2.44.